The van der Waals surface area contributed by atoms with Gasteiger partial charge in [-0.15, -0.1) is 0 Å². The standard InChI is InChI=1S/C15H23N3O3/c1-3-7-15-8-5-9-17(15)14(21)18(13(15)20)11-6-10-16(4-2)12(11)19/h11H,3-10H2,1-2H3/t11-,15+/m0/s1. The molecule has 0 aromatic heterocycles. The largest absolute Gasteiger partial charge is 0.341 e. The smallest absolute Gasteiger partial charge is 0.328 e. The summed E-state index contributed by atoms with van der Waals surface area (Å²) in [4.78, 5) is 42.7. The molecule has 2 atom stereocenters. The quantitative estimate of drug-likeness (QED) is 0.732. The maximum atomic E-state index is 12.9. The Balaban J connectivity index is 1.90. The Labute approximate surface area is 125 Å². The molecular weight excluding hydrogens is 270 g/mol. The maximum Gasteiger partial charge on any atom is 0.328 e. The van der Waals surface area contributed by atoms with E-state index in [0.717, 1.165) is 19.3 Å². The van der Waals surface area contributed by atoms with Crippen molar-refractivity contribution in [1.29, 1.82) is 0 Å². The summed E-state index contributed by atoms with van der Waals surface area (Å²) in [5.41, 5.74) is -0.661. The fourth-order valence-electron chi connectivity index (χ4n) is 4.15. The number of hydrogen-bond donors (Lipinski definition) is 0. The van der Waals surface area contributed by atoms with Gasteiger partial charge < -0.3 is 9.80 Å². The third-order valence-electron chi connectivity index (χ3n) is 5.17. The molecule has 116 valence electrons. The van der Waals surface area contributed by atoms with Crippen LogP contribution in [0, 0.1) is 0 Å². The lowest BCUT2D eigenvalue weighted by molar-refractivity contribution is -0.140. The van der Waals surface area contributed by atoms with Gasteiger partial charge in [0.15, 0.2) is 0 Å². The van der Waals surface area contributed by atoms with Gasteiger partial charge in [-0.25, -0.2) is 9.69 Å². The molecule has 0 saturated carbocycles. The van der Waals surface area contributed by atoms with E-state index >= 15 is 0 Å². The zero-order valence-corrected chi connectivity index (χ0v) is 12.8. The normalized spacial score (nSPS) is 32.6. The van der Waals surface area contributed by atoms with Gasteiger partial charge in [-0.2, -0.15) is 0 Å². The van der Waals surface area contributed by atoms with Crippen LogP contribution in [0.25, 0.3) is 0 Å². The first-order chi connectivity index (χ1) is 10.1. The molecule has 0 aromatic carbocycles. The summed E-state index contributed by atoms with van der Waals surface area (Å²) < 4.78 is 0. The van der Waals surface area contributed by atoms with Gasteiger partial charge in [-0.1, -0.05) is 13.3 Å². The van der Waals surface area contributed by atoms with E-state index in [2.05, 4.69) is 0 Å². The molecule has 4 amide bonds. The van der Waals surface area contributed by atoms with Gasteiger partial charge in [-0.05, 0) is 32.6 Å². The van der Waals surface area contributed by atoms with Crippen LogP contribution in [0.4, 0.5) is 4.79 Å². The Morgan fingerprint density at radius 2 is 1.95 bits per heavy atom. The van der Waals surface area contributed by atoms with Crippen LogP contribution in [0.3, 0.4) is 0 Å². The van der Waals surface area contributed by atoms with Crippen LogP contribution in [-0.2, 0) is 9.59 Å². The molecule has 21 heavy (non-hydrogen) atoms. The summed E-state index contributed by atoms with van der Waals surface area (Å²) in [5, 5.41) is 0. The first kappa shape index (κ1) is 14.4. The van der Waals surface area contributed by atoms with Crippen molar-refractivity contribution in [2.45, 2.75) is 57.5 Å². The number of urea groups is 1. The van der Waals surface area contributed by atoms with Crippen molar-refractivity contribution >= 4 is 17.8 Å². The van der Waals surface area contributed by atoms with E-state index in [1.807, 2.05) is 13.8 Å². The monoisotopic (exact) mass is 293 g/mol. The highest BCUT2D eigenvalue weighted by molar-refractivity contribution is 6.10. The third-order valence-corrected chi connectivity index (χ3v) is 5.17. The number of hydrogen-bond acceptors (Lipinski definition) is 3. The van der Waals surface area contributed by atoms with Gasteiger partial charge in [0.2, 0.25) is 5.91 Å². The minimum absolute atomic E-state index is 0.0768. The van der Waals surface area contributed by atoms with Gasteiger partial charge in [0.25, 0.3) is 5.91 Å². The highest BCUT2D eigenvalue weighted by atomic mass is 16.2. The van der Waals surface area contributed by atoms with E-state index in [4.69, 9.17) is 0 Å². The highest BCUT2D eigenvalue weighted by Crippen LogP contribution is 2.42. The fraction of sp³-hybridized carbons (Fsp3) is 0.800. The molecule has 0 aromatic rings. The lowest BCUT2D eigenvalue weighted by Gasteiger charge is -2.27. The number of likely N-dealkylation sites (N-methyl/N-ethyl adjacent to an activating group) is 1. The van der Waals surface area contributed by atoms with Crippen molar-refractivity contribution in [1.82, 2.24) is 14.7 Å². The van der Waals surface area contributed by atoms with E-state index < -0.39 is 11.6 Å². The summed E-state index contributed by atoms with van der Waals surface area (Å²) >= 11 is 0. The summed E-state index contributed by atoms with van der Waals surface area (Å²) in [6, 6.07) is -0.827. The molecule has 0 unspecified atom stereocenters. The van der Waals surface area contributed by atoms with Crippen molar-refractivity contribution in [3.8, 4) is 0 Å². The Kier molecular flexibility index (Phi) is 3.42. The SMILES string of the molecule is CCC[C@]12CCCN1C(=O)N([C@H]1CCN(CC)C1=O)C2=O. The van der Waals surface area contributed by atoms with E-state index in [0.29, 0.717) is 32.5 Å². The predicted octanol–water partition coefficient (Wildman–Crippen LogP) is 1.20. The summed E-state index contributed by atoms with van der Waals surface area (Å²) in [6.07, 6.45) is 3.75. The highest BCUT2D eigenvalue weighted by Gasteiger charge is 2.61. The number of likely N-dealkylation sites (tertiary alicyclic amines) is 1. The van der Waals surface area contributed by atoms with Crippen molar-refractivity contribution in [3.05, 3.63) is 0 Å². The molecule has 6 nitrogen and oxygen atoms in total. The van der Waals surface area contributed by atoms with Crippen molar-refractivity contribution in [2.75, 3.05) is 19.6 Å². The topological polar surface area (TPSA) is 60.9 Å². The molecule has 3 aliphatic heterocycles. The van der Waals surface area contributed by atoms with Crippen LogP contribution in [-0.4, -0.2) is 63.8 Å². The van der Waals surface area contributed by atoms with Gasteiger partial charge in [0.05, 0.1) is 0 Å². The molecule has 6 heteroatoms. The molecule has 3 saturated heterocycles. The fourth-order valence-corrected chi connectivity index (χ4v) is 4.15. The maximum absolute atomic E-state index is 12.9. The molecule has 0 bridgehead atoms. The number of imide groups is 1. The third kappa shape index (κ3) is 1.80. The Morgan fingerprint density at radius 1 is 1.19 bits per heavy atom. The van der Waals surface area contributed by atoms with E-state index in [9.17, 15) is 14.4 Å². The van der Waals surface area contributed by atoms with Crippen LogP contribution in [0.2, 0.25) is 0 Å². The molecule has 3 rings (SSSR count). The van der Waals surface area contributed by atoms with Crippen molar-refractivity contribution in [3.63, 3.8) is 0 Å². The van der Waals surface area contributed by atoms with Crippen LogP contribution in [0.15, 0.2) is 0 Å². The summed E-state index contributed by atoms with van der Waals surface area (Å²) in [6.45, 7) is 5.86. The molecule has 0 aliphatic carbocycles. The van der Waals surface area contributed by atoms with Crippen molar-refractivity contribution in [2.24, 2.45) is 0 Å². The zero-order chi connectivity index (χ0) is 15.2. The number of carbonyl (C=O) groups is 3. The number of nitrogens with zero attached hydrogens (tertiary/aromatic N) is 3. The number of carbonyl (C=O) groups excluding carboxylic acids is 3. The van der Waals surface area contributed by atoms with E-state index in [1.54, 1.807) is 9.80 Å². The summed E-state index contributed by atoms with van der Waals surface area (Å²) in [5.74, 6) is -0.213. The lowest BCUT2D eigenvalue weighted by Crippen LogP contribution is -2.48. The molecular formula is C15H23N3O3. The van der Waals surface area contributed by atoms with Crippen molar-refractivity contribution < 1.29 is 14.4 Å². The Morgan fingerprint density at radius 3 is 2.57 bits per heavy atom. The summed E-state index contributed by atoms with van der Waals surface area (Å²) in [7, 11) is 0. The molecule has 3 fully saturated rings. The number of fused-ring (bicyclic) bond motifs is 1. The average Bonchev–Trinajstić information content (AvgIpc) is 3.09. The van der Waals surface area contributed by atoms with Gasteiger partial charge in [-0.3, -0.25) is 9.59 Å². The second-order valence-electron chi connectivity index (χ2n) is 6.22. The first-order valence-corrected chi connectivity index (χ1v) is 8.01. The number of rotatable bonds is 4. The van der Waals surface area contributed by atoms with Gasteiger partial charge >= 0.3 is 6.03 Å². The van der Waals surface area contributed by atoms with Gasteiger partial charge in [0, 0.05) is 19.6 Å². The second-order valence-corrected chi connectivity index (χ2v) is 6.22. The van der Waals surface area contributed by atoms with Crippen LogP contribution < -0.4 is 0 Å². The molecule has 0 spiro atoms. The van der Waals surface area contributed by atoms with E-state index in [1.165, 1.54) is 4.90 Å². The molecule has 3 aliphatic rings. The van der Waals surface area contributed by atoms with Crippen LogP contribution in [0.5, 0.6) is 0 Å². The second kappa shape index (κ2) is 5.00. The number of amides is 4. The van der Waals surface area contributed by atoms with Crippen LogP contribution >= 0.6 is 0 Å². The minimum atomic E-state index is -0.661. The molecule has 0 N–H and O–H groups in total. The average molecular weight is 293 g/mol. The Bertz CT molecular complexity index is 493. The predicted molar refractivity (Wildman–Crippen MR) is 76.5 cm³/mol. The Hall–Kier alpha value is -1.59. The van der Waals surface area contributed by atoms with E-state index in [-0.39, 0.29) is 17.8 Å². The minimum Gasteiger partial charge on any atom is -0.341 e. The molecule has 0 radical (unpaired) electrons. The lowest BCUT2D eigenvalue weighted by atomic mass is 9.90. The molecule has 3 heterocycles. The first-order valence-electron chi connectivity index (χ1n) is 8.01. The van der Waals surface area contributed by atoms with Crippen LogP contribution in [0.1, 0.15) is 46.0 Å². The zero-order valence-electron chi connectivity index (χ0n) is 12.8. The van der Waals surface area contributed by atoms with Gasteiger partial charge in [0.1, 0.15) is 11.6 Å².